The molecule has 19 heavy (non-hydrogen) atoms. The van der Waals surface area contributed by atoms with Gasteiger partial charge in [-0.05, 0) is 51.5 Å². The van der Waals surface area contributed by atoms with Gasteiger partial charge in [0.1, 0.15) is 0 Å². The molecule has 4 nitrogen and oxygen atoms in total. The van der Waals surface area contributed by atoms with Crippen LogP contribution in [0.1, 0.15) is 46.0 Å². The molecule has 1 heterocycles. The first-order valence-corrected chi connectivity index (χ1v) is 7.77. The molecule has 1 aliphatic heterocycles. The normalized spacial score (nSPS) is 31.6. The minimum absolute atomic E-state index is 0.285. The second kappa shape index (κ2) is 6.71. The number of carboxylic acid groups (broad SMARTS) is 1. The van der Waals surface area contributed by atoms with Crippen LogP contribution in [0.3, 0.4) is 0 Å². The molecular formula is C15H28N2O2. The molecule has 1 saturated carbocycles. The fourth-order valence-electron chi connectivity index (χ4n) is 3.74. The van der Waals surface area contributed by atoms with Crippen molar-refractivity contribution >= 4 is 5.97 Å². The molecule has 0 spiro atoms. The second-order valence-corrected chi connectivity index (χ2v) is 6.48. The molecule has 2 unspecified atom stereocenters. The maximum absolute atomic E-state index is 10.5. The van der Waals surface area contributed by atoms with Crippen molar-refractivity contribution < 1.29 is 9.90 Å². The maximum atomic E-state index is 10.5. The highest BCUT2D eigenvalue weighted by Crippen LogP contribution is 2.35. The average molecular weight is 268 g/mol. The van der Waals surface area contributed by atoms with Crippen molar-refractivity contribution in [2.24, 2.45) is 11.8 Å². The highest BCUT2D eigenvalue weighted by molar-refractivity contribution is 5.66. The van der Waals surface area contributed by atoms with Crippen LogP contribution < -0.4 is 5.32 Å². The third kappa shape index (κ3) is 3.93. The number of hydrogen-bond acceptors (Lipinski definition) is 3. The molecule has 2 N–H and O–H groups in total. The van der Waals surface area contributed by atoms with Crippen LogP contribution >= 0.6 is 0 Å². The van der Waals surface area contributed by atoms with Crippen LogP contribution in [0.5, 0.6) is 0 Å². The first-order chi connectivity index (χ1) is 9.08. The summed E-state index contributed by atoms with van der Waals surface area (Å²) >= 11 is 0. The van der Waals surface area contributed by atoms with Gasteiger partial charge in [0.05, 0.1) is 0 Å². The Balaban J connectivity index is 1.82. The van der Waals surface area contributed by atoms with Gasteiger partial charge in [-0.15, -0.1) is 0 Å². The summed E-state index contributed by atoms with van der Waals surface area (Å²) in [5.74, 6) is 0.844. The number of carbonyl (C=O) groups is 1. The summed E-state index contributed by atoms with van der Waals surface area (Å²) in [6, 6.07) is 1.27. The minimum Gasteiger partial charge on any atom is -0.481 e. The van der Waals surface area contributed by atoms with Crippen molar-refractivity contribution in [3.8, 4) is 0 Å². The number of nitrogens with zero attached hydrogens (tertiary/aromatic N) is 1. The quantitative estimate of drug-likeness (QED) is 0.723. The van der Waals surface area contributed by atoms with Crippen molar-refractivity contribution in [2.75, 3.05) is 19.6 Å². The molecule has 0 radical (unpaired) electrons. The van der Waals surface area contributed by atoms with Crippen LogP contribution in [-0.2, 0) is 4.79 Å². The first-order valence-electron chi connectivity index (χ1n) is 7.77. The van der Waals surface area contributed by atoms with Crippen LogP contribution in [0.25, 0.3) is 0 Å². The zero-order valence-corrected chi connectivity index (χ0v) is 12.3. The van der Waals surface area contributed by atoms with Crippen LogP contribution in [0, 0.1) is 11.8 Å². The summed E-state index contributed by atoms with van der Waals surface area (Å²) in [6.07, 6.45) is 5.06. The Kier molecular flexibility index (Phi) is 5.22. The van der Waals surface area contributed by atoms with E-state index in [1.165, 1.54) is 32.4 Å². The Morgan fingerprint density at radius 2 is 1.95 bits per heavy atom. The molecule has 2 rings (SSSR count). The van der Waals surface area contributed by atoms with E-state index in [2.05, 4.69) is 24.1 Å². The number of aliphatic carboxylic acids is 1. The molecular weight excluding hydrogens is 240 g/mol. The van der Waals surface area contributed by atoms with E-state index in [0.717, 1.165) is 24.8 Å². The van der Waals surface area contributed by atoms with Crippen LogP contribution in [-0.4, -0.2) is 47.7 Å². The molecule has 2 bridgehead atoms. The monoisotopic (exact) mass is 268 g/mol. The Labute approximate surface area is 116 Å². The van der Waals surface area contributed by atoms with Gasteiger partial charge >= 0.3 is 5.97 Å². The summed E-state index contributed by atoms with van der Waals surface area (Å²) in [4.78, 5) is 13.1. The lowest BCUT2D eigenvalue weighted by Crippen LogP contribution is -2.58. The standard InChI is InChI=1S/C15H28N2O2/c1-11(2)17-9-12-5-3-6-13(10-17)15(12)16-8-4-7-14(18)19/h11-13,15-16H,3-10H2,1-2H3,(H,18,19). The first kappa shape index (κ1) is 14.8. The molecule has 1 saturated heterocycles. The number of hydrogen-bond donors (Lipinski definition) is 2. The average Bonchev–Trinajstić information content (AvgIpc) is 2.33. The van der Waals surface area contributed by atoms with Crippen molar-refractivity contribution in [1.82, 2.24) is 10.2 Å². The lowest BCUT2D eigenvalue weighted by molar-refractivity contribution is -0.137. The number of piperidine rings is 1. The van der Waals surface area contributed by atoms with Crippen LogP contribution in [0.2, 0.25) is 0 Å². The van der Waals surface area contributed by atoms with Gasteiger partial charge in [0.25, 0.3) is 0 Å². The van der Waals surface area contributed by atoms with Gasteiger partial charge in [0, 0.05) is 31.6 Å². The van der Waals surface area contributed by atoms with E-state index in [0.29, 0.717) is 12.1 Å². The van der Waals surface area contributed by atoms with Crippen LogP contribution in [0.4, 0.5) is 0 Å². The predicted octanol–water partition coefficient (Wildman–Crippen LogP) is 1.95. The number of likely N-dealkylation sites (tertiary alicyclic amines) is 1. The van der Waals surface area contributed by atoms with Crippen molar-refractivity contribution in [3.63, 3.8) is 0 Å². The lowest BCUT2D eigenvalue weighted by atomic mass is 9.73. The Bertz CT molecular complexity index is 293. The van der Waals surface area contributed by atoms with E-state index in [9.17, 15) is 4.79 Å². The van der Waals surface area contributed by atoms with Gasteiger partial charge in [-0.1, -0.05) is 6.42 Å². The Morgan fingerprint density at radius 1 is 1.32 bits per heavy atom. The van der Waals surface area contributed by atoms with Crippen molar-refractivity contribution in [1.29, 1.82) is 0 Å². The molecule has 0 aromatic carbocycles. The summed E-state index contributed by atoms with van der Waals surface area (Å²) in [7, 11) is 0. The van der Waals surface area contributed by atoms with Gasteiger partial charge in [0.2, 0.25) is 0 Å². The molecule has 4 heteroatoms. The summed E-state index contributed by atoms with van der Waals surface area (Å²) in [5, 5.41) is 12.3. The van der Waals surface area contributed by atoms with Gasteiger partial charge in [-0.25, -0.2) is 0 Å². The summed E-state index contributed by atoms with van der Waals surface area (Å²) < 4.78 is 0. The van der Waals surface area contributed by atoms with E-state index in [1.807, 2.05) is 0 Å². The summed E-state index contributed by atoms with van der Waals surface area (Å²) in [5.41, 5.74) is 0. The largest absolute Gasteiger partial charge is 0.481 e. The summed E-state index contributed by atoms with van der Waals surface area (Å²) in [6.45, 7) is 7.86. The fourth-order valence-corrected chi connectivity index (χ4v) is 3.74. The zero-order chi connectivity index (χ0) is 13.8. The lowest BCUT2D eigenvalue weighted by Gasteiger charge is -2.49. The Hall–Kier alpha value is -0.610. The third-order valence-electron chi connectivity index (χ3n) is 4.78. The topological polar surface area (TPSA) is 52.6 Å². The predicted molar refractivity (Wildman–Crippen MR) is 76.2 cm³/mol. The third-order valence-corrected chi connectivity index (χ3v) is 4.78. The minimum atomic E-state index is -0.684. The van der Waals surface area contributed by atoms with E-state index in [-0.39, 0.29) is 6.42 Å². The number of fused-ring (bicyclic) bond motifs is 2. The molecule has 1 aliphatic carbocycles. The van der Waals surface area contributed by atoms with Gasteiger partial charge in [-0.2, -0.15) is 0 Å². The van der Waals surface area contributed by atoms with E-state index in [4.69, 9.17) is 5.11 Å². The SMILES string of the molecule is CC(C)N1CC2CCCC(C1)C2NCCCC(=O)O. The molecule has 0 amide bonds. The molecule has 0 aromatic rings. The maximum Gasteiger partial charge on any atom is 0.303 e. The number of rotatable bonds is 6. The van der Waals surface area contributed by atoms with Gasteiger partial charge < -0.3 is 15.3 Å². The smallest absolute Gasteiger partial charge is 0.303 e. The molecule has 0 aromatic heterocycles. The van der Waals surface area contributed by atoms with E-state index < -0.39 is 5.97 Å². The fraction of sp³-hybridized carbons (Fsp3) is 0.933. The number of nitrogens with one attached hydrogen (secondary N) is 1. The van der Waals surface area contributed by atoms with E-state index in [1.54, 1.807) is 0 Å². The van der Waals surface area contributed by atoms with Crippen molar-refractivity contribution in [2.45, 2.75) is 58.0 Å². The van der Waals surface area contributed by atoms with E-state index >= 15 is 0 Å². The zero-order valence-electron chi connectivity index (χ0n) is 12.3. The van der Waals surface area contributed by atoms with Gasteiger partial charge in [-0.3, -0.25) is 4.79 Å². The number of carboxylic acids is 1. The molecule has 2 fully saturated rings. The van der Waals surface area contributed by atoms with Gasteiger partial charge in [0.15, 0.2) is 0 Å². The van der Waals surface area contributed by atoms with Crippen molar-refractivity contribution in [3.05, 3.63) is 0 Å². The Morgan fingerprint density at radius 3 is 2.47 bits per heavy atom. The second-order valence-electron chi connectivity index (χ2n) is 6.48. The van der Waals surface area contributed by atoms with Crippen LogP contribution in [0.15, 0.2) is 0 Å². The molecule has 2 aliphatic rings. The molecule has 2 atom stereocenters. The molecule has 110 valence electrons. The highest BCUT2D eigenvalue weighted by atomic mass is 16.4. The highest BCUT2D eigenvalue weighted by Gasteiger charge is 2.39.